The molecule has 0 N–H and O–H groups in total. The smallest absolute Gasteiger partial charge is 0.434 e. The van der Waals surface area contributed by atoms with Crippen LogP contribution in [0.1, 0.15) is 38.1 Å². The van der Waals surface area contributed by atoms with Gasteiger partial charge in [-0.25, -0.2) is 9.59 Å². The van der Waals surface area contributed by atoms with Crippen LogP contribution in [-0.4, -0.2) is 23.9 Å². The molecule has 4 rings (SSSR count). The topological polar surface area (TPSA) is 87.9 Å². The summed E-state index contributed by atoms with van der Waals surface area (Å²) in [6, 6.07) is 24.5. The second kappa shape index (κ2) is 12.9. The molecule has 0 radical (unpaired) electrons. The van der Waals surface area contributed by atoms with Crippen molar-refractivity contribution in [3.05, 3.63) is 90.5 Å². The zero-order valence-corrected chi connectivity index (χ0v) is 20.8. The lowest BCUT2D eigenvalue weighted by molar-refractivity contribution is 0.0734. The second-order valence-electron chi connectivity index (χ2n) is 8.40. The first-order valence-electron chi connectivity index (χ1n) is 11.6. The van der Waals surface area contributed by atoms with Crippen LogP contribution in [0.15, 0.2) is 89.5 Å². The van der Waals surface area contributed by atoms with E-state index in [1.54, 1.807) is 31.2 Å². The minimum atomic E-state index is -0.800. The first-order chi connectivity index (χ1) is 17.4. The van der Waals surface area contributed by atoms with Crippen LogP contribution in [0.4, 0.5) is 4.79 Å². The second-order valence-corrected chi connectivity index (χ2v) is 8.40. The molecule has 0 spiro atoms. The molecule has 0 atom stereocenters. The van der Waals surface area contributed by atoms with Crippen LogP contribution < -0.4 is 9.47 Å². The largest absolute Gasteiger partial charge is 0.513 e. The molecule has 7 nitrogen and oxygen atoms in total. The minimum Gasteiger partial charge on any atom is -0.434 e. The minimum absolute atomic E-state index is 0.215. The van der Waals surface area contributed by atoms with Gasteiger partial charge in [-0.1, -0.05) is 56.3 Å². The zero-order chi connectivity index (χ0) is 25.9. The van der Waals surface area contributed by atoms with Gasteiger partial charge < -0.3 is 18.7 Å². The lowest BCUT2D eigenvalue weighted by atomic mass is 10.1. The molecule has 3 aromatic carbocycles. The van der Waals surface area contributed by atoms with E-state index >= 15 is 0 Å². The highest BCUT2D eigenvalue weighted by Gasteiger charge is 2.12. The fourth-order valence-corrected chi connectivity index (χ4v) is 2.91. The van der Waals surface area contributed by atoms with Crippen LogP contribution in [0.25, 0.3) is 22.6 Å². The normalized spacial score (nSPS) is 10.2. The Bertz CT molecular complexity index is 1240. The highest BCUT2D eigenvalue weighted by Crippen LogP contribution is 2.27. The number of hydrogen-bond acceptors (Lipinski definition) is 7. The fourth-order valence-electron chi connectivity index (χ4n) is 2.91. The Hall–Kier alpha value is -4.39. The number of benzene rings is 3. The molecule has 0 saturated carbocycles. The number of carbonyl (C=O) groups excluding carboxylic acids is 2. The van der Waals surface area contributed by atoms with Crippen molar-refractivity contribution in [1.29, 1.82) is 0 Å². The molecule has 1 aromatic heterocycles. The van der Waals surface area contributed by atoms with Gasteiger partial charge in [0.1, 0.15) is 17.2 Å². The summed E-state index contributed by atoms with van der Waals surface area (Å²) in [6.45, 7) is 8.40. The lowest BCUT2D eigenvalue weighted by Crippen LogP contribution is -2.11. The lowest BCUT2D eigenvalue weighted by Gasteiger charge is -2.06. The molecule has 36 heavy (non-hydrogen) atoms. The van der Waals surface area contributed by atoms with Gasteiger partial charge in [0.05, 0.1) is 12.2 Å². The Morgan fingerprint density at radius 1 is 0.806 bits per heavy atom. The molecule has 0 bridgehead atoms. The van der Waals surface area contributed by atoms with Crippen molar-refractivity contribution in [3.8, 4) is 34.1 Å². The van der Waals surface area contributed by atoms with Gasteiger partial charge in [-0.15, -0.1) is 0 Å². The van der Waals surface area contributed by atoms with Gasteiger partial charge in [0, 0.05) is 17.2 Å². The van der Waals surface area contributed by atoms with Crippen molar-refractivity contribution < 1.29 is 28.3 Å². The van der Waals surface area contributed by atoms with Crippen molar-refractivity contribution >= 4 is 12.1 Å². The fraction of sp³-hybridized carbons (Fsp3) is 0.207. The summed E-state index contributed by atoms with van der Waals surface area (Å²) in [5.41, 5.74) is 2.76. The quantitative estimate of drug-likeness (QED) is 0.159. The summed E-state index contributed by atoms with van der Waals surface area (Å²) in [4.78, 5) is 23.7. The molecule has 0 aliphatic rings. The molecule has 0 unspecified atom stereocenters. The molecule has 0 aliphatic carbocycles. The van der Waals surface area contributed by atoms with E-state index in [9.17, 15) is 9.59 Å². The molecule has 1 heterocycles. The third-order valence-corrected chi connectivity index (χ3v) is 4.48. The third-order valence-electron chi connectivity index (χ3n) is 4.48. The molecule has 186 valence electrons. The molecule has 0 fully saturated rings. The summed E-state index contributed by atoms with van der Waals surface area (Å²) in [7, 11) is 0. The van der Waals surface area contributed by atoms with Crippen LogP contribution >= 0.6 is 0 Å². The summed E-state index contributed by atoms with van der Waals surface area (Å²) < 4.78 is 20.5. The first kappa shape index (κ1) is 26.2. The van der Waals surface area contributed by atoms with Gasteiger partial charge in [-0.2, -0.15) is 0 Å². The Morgan fingerprint density at radius 3 is 2.00 bits per heavy atom. The van der Waals surface area contributed by atoms with Crippen molar-refractivity contribution in [2.45, 2.75) is 27.7 Å². The molecule has 7 heteroatoms. The number of ether oxygens (including phenoxy) is 3. The molecular formula is C29H29NO6. The highest BCUT2D eigenvalue weighted by molar-refractivity contribution is 5.91. The Morgan fingerprint density at radius 2 is 1.39 bits per heavy atom. The van der Waals surface area contributed by atoms with E-state index in [4.69, 9.17) is 18.7 Å². The van der Waals surface area contributed by atoms with Gasteiger partial charge in [-0.05, 0) is 61.4 Å². The van der Waals surface area contributed by atoms with Crippen LogP contribution in [0.3, 0.4) is 0 Å². The van der Waals surface area contributed by atoms with E-state index in [2.05, 4.69) is 25.9 Å². The van der Waals surface area contributed by atoms with E-state index in [0.717, 1.165) is 17.0 Å². The first-order valence-corrected chi connectivity index (χ1v) is 11.6. The standard InChI is InChI=1S/C25H19NO6.C4H10/c1-2-29-25(28)31-21-14-10-19(11-15-21)24(27)30-20-12-8-17(9-13-20)22-16-23(32-26-22)18-6-4-3-5-7-18;1-4(2)3/h3-16H,2H2,1H3;4H,1-3H3. The van der Waals surface area contributed by atoms with Gasteiger partial charge in [0.15, 0.2) is 5.76 Å². The van der Waals surface area contributed by atoms with Crippen LogP contribution in [0.5, 0.6) is 11.5 Å². The molecule has 0 saturated heterocycles. The van der Waals surface area contributed by atoms with E-state index in [-0.39, 0.29) is 12.4 Å². The summed E-state index contributed by atoms with van der Waals surface area (Å²) in [6.07, 6.45) is -0.800. The van der Waals surface area contributed by atoms with Gasteiger partial charge in [0.2, 0.25) is 0 Å². The number of hydrogen-bond donors (Lipinski definition) is 0. The average molecular weight is 488 g/mol. The van der Waals surface area contributed by atoms with Gasteiger partial charge in [-0.3, -0.25) is 0 Å². The predicted octanol–water partition coefficient (Wildman–Crippen LogP) is 7.43. The number of nitrogens with zero attached hydrogens (tertiary/aromatic N) is 1. The molecular weight excluding hydrogens is 458 g/mol. The molecule has 0 amide bonds. The van der Waals surface area contributed by atoms with E-state index in [0.29, 0.717) is 22.8 Å². The molecule has 4 aromatic rings. The summed E-state index contributed by atoms with van der Waals surface area (Å²) in [5, 5.41) is 4.11. The maximum Gasteiger partial charge on any atom is 0.513 e. The maximum atomic E-state index is 12.4. The Kier molecular flexibility index (Phi) is 9.40. The summed E-state index contributed by atoms with van der Waals surface area (Å²) in [5.74, 6) is 1.63. The zero-order valence-electron chi connectivity index (χ0n) is 20.8. The van der Waals surface area contributed by atoms with Crippen molar-refractivity contribution in [1.82, 2.24) is 5.16 Å². The monoisotopic (exact) mass is 487 g/mol. The third kappa shape index (κ3) is 7.84. The number of carbonyl (C=O) groups is 2. The number of esters is 1. The maximum absolute atomic E-state index is 12.4. The van der Waals surface area contributed by atoms with Gasteiger partial charge in [0.25, 0.3) is 0 Å². The van der Waals surface area contributed by atoms with Crippen molar-refractivity contribution in [2.24, 2.45) is 5.92 Å². The van der Waals surface area contributed by atoms with Crippen LogP contribution in [0, 0.1) is 5.92 Å². The Balaban J connectivity index is 0.000000840. The van der Waals surface area contributed by atoms with Crippen LogP contribution in [0.2, 0.25) is 0 Å². The molecule has 0 aliphatic heterocycles. The highest BCUT2D eigenvalue weighted by atomic mass is 16.7. The van der Waals surface area contributed by atoms with Crippen LogP contribution in [-0.2, 0) is 4.74 Å². The van der Waals surface area contributed by atoms with E-state index in [1.165, 1.54) is 24.3 Å². The number of rotatable bonds is 6. The Labute approximate surface area is 210 Å². The van der Waals surface area contributed by atoms with E-state index in [1.807, 2.05) is 36.4 Å². The van der Waals surface area contributed by atoms with Gasteiger partial charge >= 0.3 is 12.1 Å². The SMILES string of the molecule is CC(C)C.CCOC(=O)Oc1ccc(C(=O)Oc2ccc(-c3cc(-c4ccccc4)on3)cc2)cc1. The number of aromatic nitrogens is 1. The predicted molar refractivity (Wildman–Crippen MR) is 137 cm³/mol. The summed E-state index contributed by atoms with van der Waals surface area (Å²) >= 11 is 0. The average Bonchev–Trinajstić information content (AvgIpc) is 3.36. The van der Waals surface area contributed by atoms with Crippen molar-refractivity contribution in [3.63, 3.8) is 0 Å². The van der Waals surface area contributed by atoms with E-state index < -0.39 is 12.1 Å². The van der Waals surface area contributed by atoms with Crippen molar-refractivity contribution in [2.75, 3.05) is 6.61 Å².